The first-order chi connectivity index (χ1) is 17.3. The van der Waals surface area contributed by atoms with E-state index in [4.69, 9.17) is 4.74 Å². The molecule has 0 saturated heterocycles. The quantitative estimate of drug-likeness (QED) is 0.296. The van der Waals surface area contributed by atoms with E-state index in [9.17, 15) is 20.1 Å². The van der Waals surface area contributed by atoms with Crippen LogP contribution in [0.4, 0.5) is 0 Å². The highest BCUT2D eigenvalue weighted by Gasteiger charge is 2.60. The number of carbonyl (C=O) groups is 1. The molecule has 0 aliphatic heterocycles. The minimum absolute atomic E-state index is 0.106. The average Bonchev–Trinajstić information content (AvgIpc) is 3.51. The van der Waals surface area contributed by atoms with Crippen molar-refractivity contribution in [2.24, 2.45) is 28.1 Å². The Morgan fingerprint density at radius 3 is 2.51 bits per heavy atom. The van der Waals surface area contributed by atoms with Gasteiger partial charge in [0.2, 0.25) is 0 Å². The number of hydrogen-bond donors (Lipinski definition) is 3. The molecule has 4 aliphatic rings. The molecular weight excluding hydrogens is 464 g/mol. The summed E-state index contributed by atoms with van der Waals surface area (Å²) >= 11 is 0. The van der Waals surface area contributed by atoms with Crippen molar-refractivity contribution >= 4 is 5.97 Å². The fourth-order valence-corrected chi connectivity index (χ4v) is 7.43. The molecule has 0 unspecified atom stereocenters. The van der Waals surface area contributed by atoms with Crippen LogP contribution >= 0.6 is 0 Å². The molecule has 4 saturated carbocycles. The van der Waals surface area contributed by atoms with Crippen molar-refractivity contribution < 1.29 is 24.9 Å². The zero-order valence-electron chi connectivity index (χ0n) is 23.5. The molecule has 5 nitrogen and oxygen atoms in total. The Kier molecular flexibility index (Phi) is 8.01. The van der Waals surface area contributed by atoms with Gasteiger partial charge in [-0.05, 0) is 113 Å². The summed E-state index contributed by atoms with van der Waals surface area (Å²) in [5.41, 5.74) is 2.53. The van der Waals surface area contributed by atoms with Gasteiger partial charge in [-0.2, -0.15) is 0 Å². The standard InChI is InChI=1S/C32H48O5/c1-20(2)37-29(36)30(4,5)28(35)13-15-32(16-17-32)27-12-11-25-22(8-7-14-31(25,27)6)9-10-23-18-24(33)19-26(34)21(23)3/h9-10,13,15,20,24-28,33-35H,3,7-8,11-12,14,16-19H2,1-2,4-6H3/t24-,25+,26+,27+,28-,31+/m1/s1. The molecule has 37 heavy (non-hydrogen) atoms. The molecule has 0 bridgehead atoms. The first kappa shape index (κ1) is 28.3. The van der Waals surface area contributed by atoms with Crippen LogP contribution < -0.4 is 0 Å². The molecule has 3 N–H and O–H groups in total. The van der Waals surface area contributed by atoms with Gasteiger partial charge in [-0.3, -0.25) is 4.79 Å². The average molecular weight is 513 g/mol. The minimum Gasteiger partial charge on any atom is -0.462 e. The number of rotatable bonds is 7. The number of ether oxygens (including phenoxy) is 1. The van der Waals surface area contributed by atoms with E-state index in [2.05, 4.69) is 31.7 Å². The second-order valence-corrected chi connectivity index (χ2v) is 13.3. The van der Waals surface area contributed by atoms with Gasteiger partial charge in [0.25, 0.3) is 0 Å². The predicted molar refractivity (Wildman–Crippen MR) is 147 cm³/mol. The lowest BCUT2D eigenvalue weighted by atomic mass is 9.60. The highest BCUT2D eigenvalue weighted by molar-refractivity contribution is 5.77. The number of aliphatic hydroxyl groups excluding tert-OH is 3. The monoisotopic (exact) mass is 512 g/mol. The summed E-state index contributed by atoms with van der Waals surface area (Å²) in [5.74, 6) is 0.723. The third-order valence-electron chi connectivity index (χ3n) is 9.97. The number of hydrogen-bond acceptors (Lipinski definition) is 5. The van der Waals surface area contributed by atoms with E-state index in [1.807, 2.05) is 19.9 Å². The third-order valence-corrected chi connectivity index (χ3v) is 9.97. The summed E-state index contributed by atoms with van der Waals surface area (Å²) in [6.45, 7) is 13.7. The number of esters is 1. The Morgan fingerprint density at radius 2 is 1.86 bits per heavy atom. The number of aliphatic hydroxyl groups is 3. The van der Waals surface area contributed by atoms with Crippen molar-refractivity contribution in [1.82, 2.24) is 0 Å². The minimum atomic E-state index is -0.989. The molecule has 5 heteroatoms. The zero-order chi connectivity index (χ0) is 27.2. The van der Waals surface area contributed by atoms with Crippen LogP contribution in [0.1, 0.15) is 92.4 Å². The lowest BCUT2D eigenvalue weighted by Gasteiger charge is -2.45. The van der Waals surface area contributed by atoms with Crippen molar-refractivity contribution in [3.05, 3.63) is 47.6 Å². The largest absolute Gasteiger partial charge is 0.462 e. The maximum atomic E-state index is 12.6. The van der Waals surface area contributed by atoms with Gasteiger partial charge in [0, 0.05) is 6.42 Å². The van der Waals surface area contributed by atoms with Gasteiger partial charge < -0.3 is 20.1 Å². The van der Waals surface area contributed by atoms with Crippen LogP contribution in [0.3, 0.4) is 0 Å². The van der Waals surface area contributed by atoms with E-state index in [0.717, 1.165) is 30.4 Å². The lowest BCUT2D eigenvalue weighted by Crippen LogP contribution is -2.39. The first-order valence-corrected chi connectivity index (χ1v) is 14.3. The van der Waals surface area contributed by atoms with Gasteiger partial charge in [-0.25, -0.2) is 0 Å². The Balaban J connectivity index is 1.50. The third kappa shape index (κ3) is 5.55. The van der Waals surface area contributed by atoms with E-state index < -0.39 is 23.7 Å². The van der Waals surface area contributed by atoms with Crippen LogP contribution in [0, 0.1) is 28.1 Å². The van der Waals surface area contributed by atoms with Crippen LogP contribution in [0.25, 0.3) is 0 Å². The Labute approximate surface area is 223 Å². The predicted octanol–water partition coefficient (Wildman–Crippen LogP) is 5.80. The fraction of sp³-hybridized carbons (Fsp3) is 0.719. The highest BCUT2D eigenvalue weighted by Crippen LogP contribution is 2.69. The Hall–Kier alpha value is -1.69. The molecule has 4 rings (SSSR count). The van der Waals surface area contributed by atoms with Crippen molar-refractivity contribution in [3.63, 3.8) is 0 Å². The molecule has 6 atom stereocenters. The SMILES string of the molecule is C=C1C(=CC=C2CCC[C@]3(C)[C@@H](C4(C=C[C@@H](O)C(C)(C)C(=O)OC(C)C)CC4)CC[C@@H]23)C[C@@H](O)C[C@@H]1O. The van der Waals surface area contributed by atoms with Crippen molar-refractivity contribution in [1.29, 1.82) is 0 Å². The maximum absolute atomic E-state index is 12.6. The molecule has 206 valence electrons. The molecule has 0 aromatic rings. The second kappa shape index (κ2) is 10.5. The summed E-state index contributed by atoms with van der Waals surface area (Å²) in [6, 6.07) is 0. The molecular formula is C32H48O5. The normalized spacial score (nSPS) is 36.8. The summed E-state index contributed by atoms with van der Waals surface area (Å²) in [6.07, 6.45) is 15.2. The van der Waals surface area contributed by atoms with Crippen LogP contribution in [0.15, 0.2) is 47.6 Å². The van der Waals surface area contributed by atoms with Crippen LogP contribution in [-0.2, 0) is 9.53 Å². The molecule has 0 aromatic heterocycles. The van der Waals surface area contributed by atoms with E-state index >= 15 is 0 Å². The smallest absolute Gasteiger partial charge is 0.314 e. The molecule has 0 spiro atoms. The molecule has 0 heterocycles. The molecule has 4 fully saturated rings. The van der Waals surface area contributed by atoms with Crippen molar-refractivity contribution in [3.8, 4) is 0 Å². The summed E-state index contributed by atoms with van der Waals surface area (Å²) in [4.78, 5) is 12.6. The Bertz CT molecular complexity index is 981. The summed E-state index contributed by atoms with van der Waals surface area (Å²) in [5, 5.41) is 31.3. The number of allylic oxidation sites excluding steroid dienone is 4. The van der Waals surface area contributed by atoms with Gasteiger partial charge in [-0.1, -0.05) is 43.4 Å². The van der Waals surface area contributed by atoms with Gasteiger partial charge in [0.15, 0.2) is 0 Å². The number of fused-ring (bicyclic) bond motifs is 1. The van der Waals surface area contributed by atoms with Crippen molar-refractivity contribution in [2.75, 3.05) is 0 Å². The first-order valence-electron chi connectivity index (χ1n) is 14.3. The number of carbonyl (C=O) groups excluding carboxylic acids is 1. The molecule has 0 radical (unpaired) electrons. The van der Waals surface area contributed by atoms with E-state index in [1.165, 1.54) is 31.3 Å². The lowest BCUT2D eigenvalue weighted by molar-refractivity contribution is -0.162. The molecule has 0 aromatic carbocycles. The second-order valence-electron chi connectivity index (χ2n) is 13.3. The molecule has 0 amide bonds. The fourth-order valence-electron chi connectivity index (χ4n) is 7.43. The van der Waals surface area contributed by atoms with Gasteiger partial charge in [0.05, 0.1) is 29.8 Å². The van der Waals surface area contributed by atoms with Crippen LogP contribution in [-0.4, -0.2) is 45.7 Å². The van der Waals surface area contributed by atoms with Gasteiger partial charge in [0.1, 0.15) is 0 Å². The van der Waals surface area contributed by atoms with Crippen LogP contribution in [0.2, 0.25) is 0 Å². The Morgan fingerprint density at radius 1 is 1.16 bits per heavy atom. The van der Waals surface area contributed by atoms with E-state index in [0.29, 0.717) is 24.7 Å². The van der Waals surface area contributed by atoms with E-state index in [1.54, 1.807) is 13.8 Å². The zero-order valence-corrected chi connectivity index (χ0v) is 23.5. The topological polar surface area (TPSA) is 87.0 Å². The highest BCUT2D eigenvalue weighted by atomic mass is 16.5. The summed E-state index contributed by atoms with van der Waals surface area (Å²) in [7, 11) is 0. The van der Waals surface area contributed by atoms with Crippen LogP contribution in [0.5, 0.6) is 0 Å². The van der Waals surface area contributed by atoms with Gasteiger partial charge >= 0.3 is 5.97 Å². The maximum Gasteiger partial charge on any atom is 0.314 e. The summed E-state index contributed by atoms with van der Waals surface area (Å²) < 4.78 is 5.39. The molecule has 4 aliphatic carbocycles. The van der Waals surface area contributed by atoms with Gasteiger partial charge in [-0.15, -0.1) is 0 Å². The van der Waals surface area contributed by atoms with E-state index in [-0.39, 0.29) is 22.9 Å². The van der Waals surface area contributed by atoms with Crippen molar-refractivity contribution in [2.45, 2.75) is 117 Å².